The number of likely N-dealkylation sites (N-methyl/N-ethyl adjacent to an activating group) is 1. The predicted octanol–water partition coefficient (Wildman–Crippen LogP) is 2.49. The van der Waals surface area contributed by atoms with Gasteiger partial charge in [0.25, 0.3) is 0 Å². The van der Waals surface area contributed by atoms with E-state index in [0.717, 1.165) is 25.1 Å². The van der Waals surface area contributed by atoms with Crippen molar-refractivity contribution in [1.29, 1.82) is 0 Å². The molecule has 2 heteroatoms. The van der Waals surface area contributed by atoms with Gasteiger partial charge in [-0.05, 0) is 38.1 Å². The van der Waals surface area contributed by atoms with E-state index in [9.17, 15) is 5.11 Å². The lowest BCUT2D eigenvalue weighted by Crippen LogP contribution is -2.34. The molecule has 0 radical (unpaired) electrons. The molecule has 0 aromatic heterocycles. The van der Waals surface area contributed by atoms with Gasteiger partial charge in [-0.1, -0.05) is 19.9 Å². The highest BCUT2D eigenvalue weighted by Crippen LogP contribution is 2.19. The molecule has 1 N–H and O–H groups in total. The van der Waals surface area contributed by atoms with Gasteiger partial charge in [0.05, 0.1) is 0 Å². The van der Waals surface area contributed by atoms with E-state index in [-0.39, 0.29) is 0 Å². The minimum absolute atomic E-state index is 0.388. The van der Waals surface area contributed by atoms with Crippen LogP contribution in [-0.2, 0) is 0 Å². The first kappa shape index (κ1) is 10.3. The van der Waals surface area contributed by atoms with Crippen molar-refractivity contribution in [2.45, 2.75) is 33.2 Å². The Morgan fingerprint density at radius 3 is 2.54 bits per heavy atom. The van der Waals surface area contributed by atoms with E-state index in [1.165, 1.54) is 0 Å². The van der Waals surface area contributed by atoms with E-state index >= 15 is 0 Å². The van der Waals surface area contributed by atoms with Crippen LogP contribution in [0.4, 0.5) is 0 Å². The van der Waals surface area contributed by atoms with E-state index in [1.807, 2.05) is 13.0 Å². The fourth-order valence-electron chi connectivity index (χ4n) is 1.73. The van der Waals surface area contributed by atoms with E-state index in [4.69, 9.17) is 0 Å². The van der Waals surface area contributed by atoms with Gasteiger partial charge in [-0.15, -0.1) is 0 Å². The largest absolute Gasteiger partial charge is 0.508 e. The zero-order valence-electron chi connectivity index (χ0n) is 8.75. The lowest BCUT2D eigenvalue weighted by atomic mass is 10.0. The molecule has 0 spiro atoms. The summed E-state index contributed by atoms with van der Waals surface area (Å²) in [5, 5.41) is 9.55. The summed E-state index contributed by atoms with van der Waals surface area (Å²) in [7, 11) is 0. The van der Waals surface area contributed by atoms with Crippen LogP contribution >= 0.6 is 0 Å². The molecule has 1 unspecified atom stereocenters. The van der Waals surface area contributed by atoms with Gasteiger partial charge >= 0.3 is 0 Å². The predicted molar refractivity (Wildman–Crippen MR) is 55.8 cm³/mol. The van der Waals surface area contributed by atoms with Gasteiger partial charge in [0.2, 0.25) is 0 Å². The van der Waals surface area contributed by atoms with Crippen molar-refractivity contribution in [1.82, 2.24) is 4.90 Å². The molecule has 2 nitrogen and oxygen atoms in total. The fraction of sp³-hybridized carbons (Fsp3) is 0.636. The van der Waals surface area contributed by atoms with Gasteiger partial charge in [-0.3, -0.25) is 4.90 Å². The van der Waals surface area contributed by atoms with Crippen molar-refractivity contribution in [2.24, 2.45) is 0 Å². The SMILES string of the molecule is CCN(CC)C1C=C(O)C(C)=CC1. The molecule has 1 aliphatic carbocycles. The van der Waals surface area contributed by atoms with E-state index < -0.39 is 0 Å². The van der Waals surface area contributed by atoms with Crippen molar-refractivity contribution >= 4 is 0 Å². The van der Waals surface area contributed by atoms with Gasteiger partial charge in [0.15, 0.2) is 0 Å². The van der Waals surface area contributed by atoms with Crippen LogP contribution in [0.1, 0.15) is 27.2 Å². The summed E-state index contributed by atoms with van der Waals surface area (Å²) >= 11 is 0. The third kappa shape index (κ3) is 2.34. The van der Waals surface area contributed by atoms with Crippen LogP contribution in [-0.4, -0.2) is 29.1 Å². The second-order valence-electron chi connectivity index (χ2n) is 3.46. The smallest absolute Gasteiger partial charge is 0.115 e. The Morgan fingerprint density at radius 2 is 2.08 bits per heavy atom. The Labute approximate surface area is 80.6 Å². The normalized spacial score (nSPS) is 22.9. The van der Waals surface area contributed by atoms with E-state index in [2.05, 4.69) is 24.8 Å². The van der Waals surface area contributed by atoms with Gasteiger partial charge in [-0.2, -0.15) is 0 Å². The first-order chi connectivity index (χ1) is 6.19. The van der Waals surface area contributed by atoms with Crippen molar-refractivity contribution in [3.05, 3.63) is 23.5 Å². The minimum atomic E-state index is 0.388. The molecule has 13 heavy (non-hydrogen) atoms. The number of allylic oxidation sites excluding steroid dienone is 1. The summed E-state index contributed by atoms with van der Waals surface area (Å²) in [5.74, 6) is 0.447. The highest BCUT2D eigenvalue weighted by molar-refractivity contribution is 5.28. The van der Waals surface area contributed by atoms with Crippen LogP contribution in [0.3, 0.4) is 0 Å². The number of aliphatic hydroxyl groups excluding tert-OH is 1. The fourth-order valence-corrected chi connectivity index (χ4v) is 1.73. The molecule has 0 bridgehead atoms. The maximum atomic E-state index is 9.55. The zero-order valence-corrected chi connectivity index (χ0v) is 8.75. The molecule has 0 aromatic rings. The van der Waals surface area contributed by atoms with Crippen LogP contribution in [0.25, 0.3) is 0 Å². The maximum Gasteiger partial charge on any atom is 0.115 e. The topological polar surface area (TPSA) is 23.5 Å². The first-order valence-electron chi connectivity index (χ1n) is 5.01. The number of hydrogen-bond acceptors (Lipinski definition) is 2. The highest BCUT2D eigenvalue weighted by atomic mass is 16.3. The van der Waals surface area contributed by atoms with Gasteiger partial charge < -0.3 is 5.11 Å². The second kappa shape index (κ2) is 4.47. The molecule has 1 rings (SSSR count). The number of hydrogen-bond donors (Lipinski definition) is 1. The standard InChI is InChI=1S/C11H19NO/c1-4-12(5-2)10-7-6-9(3)11(13)8-10/h6,8,10,13H,4-5,7H2,1-3H3. The average molecular weight is 181 g/mol. The molecule has 0 heterocycles. The average Bonchev–Trinajstić information content (AvgIpc) is 2.13. The molecule has 0 saturated heterocycles. The molecule has 1 aliphatic rings. The molecular weight excluding hydrogens is 162 g/mol. The van der Waals surface area contributed by atoms with Crippen LogP contribution in [0, 0.1) is 0 Å². The van der Waals surface area contributed by atoms with Crippen molar-refractivity contribution < 1.29 is 5.11 Å². The summed E-state index contributed by atoms with van der Waals surface area (Å²) in [6.45, 7) is 8.33. The van der Waals surface area contributed by atoms with Crippen molar-refractivity contribution in [3.63, 3.8) is 0 Å². The number of nitrogens with zero attached hydrogens (tertiary/aromatic N) is 1. The Morgan fingerprint density at radius 1 is 1.46 bits per heavy atom. The highest BCUT2D eigenvalue weighted by Gasteiger charge is 2.16. The van der Waals surface area contributed by atoms with Crippen LogP contribution in [0.2, 0.25) is 0 Å². The lowest BCUT2D eigenvalue weighted by Gasteiger charge is -2.28. The third-order valence-electron chi connectivity index (χ3n) is 2.70. The quantitative estimate of drug-likeness (QED) is 0.723. The van der Waals surface area contributed by atoms with Crippen molar-refractivity contribution in [2.75, 3.05) is 13.1 Å². The summed E-state index contributed by atoms with van der Waals surface area (Å²) in [6.07, 6.45) is 5.10. The van der Waals surface area contributed by atoms with Gasteiger partial charge in [0, 0.05) is 6.04 Å². The van der Waals surface area contributed by atoms with E-state index in [0.29, 0.717) is 11.8 Å². The van der Waals surface area contributed by atoms with E-state index in [1.54, 1.807) is 0 Å². The molecular formula is C11H19NO. The molecule has 0 fully saturated rings. The summed E-state index contributed by atoms with van der Waals surface area (Å²) < 4.78 is 0. The Bertz CT molecular complexity index is 226. The Balaban J connectivity index is 2.66. The Kier molecular flexibility index (Phi) is 3.55. The van der Waals surface area contributed by atoms with Crippen LogP contribution in [0.15, 0.2) is 23.5 Å². The molecule has 0 aromatic carbocycles. The summed E-state index contributed by atoms with van der Waals surface area (Å²) in [4.78, 5) is 2.35. The summed E-state index contributed by atoms with van der Waals surface area (Å²) in [5.41, 5.74) is 1.00. The molecule has 0 aliphatic heterocycles. The minimum Gasteiger partial charge on any atom is -0.508 e. The van der Waals surface area contributed by atoms with Crippen molar-refractivity contribution in [3.8, 4) is 0 Å². The van der Waals surface area contributed by atoms with Gasteiger partial charge in [0.1, 0.15) is 5.76 Å². The molecule has 74 valence electrons. The molecule has 1 atom stereocenters. The number of aliphatic hydroxyl groups is 1. The zero-order chi connectivity index (χ0) is 9.84. The molecule has 0 saturated carbocycles. The van der Waals surface area contributed by atoms with Crippen LogP contribution < -0.4 is 0 Å². The van der Waals surface area contributed by atoms with Gasteiger partial charge in [-0.25, -0.2) is 0 Å². The monoisotopic (exact) mass is 181 g/mol. The number of rotatable bonds is 3. The first-order valence-corrected chi connectivity index (χ1v) is 5.01. The van der Waals surface area contributed by atoms with Crippen LogP contribution in [0.5, 0.6) is 0 Å². The maximum absolute atomic E-state index is 9.55. The third-order valence-corrected chi connectivity index (χ3v) is 2.70. The molecule has 0 amide bonds. The Hall–Kier alpha value is -0.760. The summed E-state index contributed by atoms with van der Waals surface area (Å²) in [6, 6.07) is 0.388. The lowest BCUT2D eigenvalue weighted by molar-refractivity contribution is 0.246. The second-order valence-corrected chi connectivity index (χ2v) is 3.46.